The van der Waals surface area contributed by atoms with E-state index < -0.39 is 0 Å². The number of hydrogen-bond donors (Lipinski definition) is 2. The minimum absolute atomic E-state index is 0.0793. The maximum atomic E-state index is 13.1. The zero-order valence-electron chi connectivity index (χ0n) is 14.0. The predicted octanol–water partition coefficient (Wildman–Crippen LogP) is 2.84. The lowest BCUT2D eigenvalue weighted by Crippen LogP contribution is -2.28. The van der Waals surface area contributed by atoms with Crippen molar-refractivity contribution in [2.75, 3.05) is 18.9 Å². The Bertz CT molecular complexity index is 1040. The van der Waals surface area contributed by atoms with Crippen LogP contribution in [0.1, 0.15) is 0 Å². The minimum atomic E-state index is -0.242. The summed E-state index contributed by atoms with van der Waals surface area (Å²) in [6.45, 7) is 0.0612. The third-order valence-corrected chi connectivity index (χ3v) is 5.51. The summed E-state index contributed by atoms with van der Waals surface area (Å²) in [5.41, 5.74) is 0.985. The monoisotopic (exact) mass is 515 g/mol. The highest BCUT2D eigenvalue weighted by Crippen LogP contribution is 2.23. The normalized spacial score (nSPS) is 10.9. The highest BCUT2D eigenvalue weighted by atomic mass is 127. The van der Waals surface area contributed by atoms with E-state index in [-0.39, 0.29) is 30.4 Å². The van der Waals surface area contributed by atoms with Crippen LogP contribution in [0.4, 0.5) is 0 Å². The number of rotatable bonds is 6. The number of aliphatic hydroxyl groups is 1. The standard InChI is InChI=1S/C18H15ClIN3O3S/c19-11-1-4-13(5-2-11)23-17(26)14-9-12(20)3-6-15(14)22-18(23)27-10-16(25)21-7-8-24/h1-6,9,24H,7-8,10H2,(H,21,25). The molecule has 27 heavy (non-hydrogen) atoms. The number of aliphatic hydroxyl groups excluding tert-OH is 1. The molecule has 3 rings (SSSR count). The van der Waals surface area contributed by atoms with Gasteiger partial charge in [0.1, 0.15) is 0 Å². The van der Waals surface area contributed by atoms with Crippen molar-refractivity contribution in [3.8, 4) is 5.69 Å². The highest BCUT2D eigenvalue weighted by molar-refractivity contribution is 14.1. The third-order valence-electron chi connectivity index (χ3n) is 3.65. The van der Waals surface area contributed by atoms with E-state index in [1.807, 2.05) is 6.07 Å². The third kappa shape index (κ3) is 4.81. The van der Waals surface area contributed by atoms with Gasteiger partial charge in [-0.1, -0.05) is 23.4 Å². The molecular formula is C18H15ClIN3O3S. The van der Waals surface area contributed by atoms with E-state index in [4.69, 9.17) is 16.7 Å². The topological polar surface area (TPSA) is 84.2 Å². The number of aromatic nitrogens is 2. The van der Waals surface area contributed by atoms with Crippen molar-refractivity contribution >= 4 is 62.8 Å². The summed E-state index contributed by atoms with van der Waals surface area (Å²) in [6.07, 6.45) is 0. The van der Waals surface area contributed by atoms with Crippen LogP contribution in [-0.4, -0.2) is 39.5 Å². The molecule has 0 aliphatic rings. The van der Waals surface area contributed by atoms with Gasteiger partial charge in [-0.25, -0.2) is 4.98 Å². The fourth-order valence-electron chi connectivity index (χ4n) is 2.43. The van der Waals surface area contributed by atoms with Crippen molar-refractivity contribution in [1.29, 1.82) is 0 Å². The molecule has 6 nitrogen and oxygen atoms in total. The fourth-order valence-corrected chi connectivity index (χ4v) is 3.89. The van der Waals surface area contributed by atoms with Gasteiger partial charge in [0.15, 0.2) is 5.16 Å². The Morgan fingerprint density at radius 1 is 1.26 bits per heavy atom. The molecule has 0 fully saturated rings. The summed E-state index contributed by atoms with van der Waals surface area (Å²) < 4.78 is 2.42. The molecule has 140 valence electrons. The van der Waals surface area contributed by atoms with E-state index in [1.54, 1.807) is 36.4 Å². The van der Waals surface area contributed by atoms with Crippen LogP contribution in [0.2, 0.25) is 5.02 Å². The summed E-state index contributed by atoms with van der Waals surface area (Å²) in [7, 11) is 0. The Morgan fingerprint density at radius 2 is 2.00 bits per heavy atom. The molecule has 3 aromatic rings. The summed E-state index contributed by atoms with van der Waals surface area (Å²) in [6, 6.07) is 12.3. The second-order valence-electron chi connectivity index (χ2n) is 5.54. The number of carbonyl (C=O) groups is 1. The molecule has 0 bridgehead atoms. The molecule has 2 aromatic carbocycles. The minimum Gasteiger partial charge on any atom is -0.395 e. The smallest absolute Gasteiger partial charge is 0.266 e. The Hall–Kier alpha value is -1.62. The highest BCUT2D eigenvalue weighted by Gasteiger charge is 2.15. The van der Waals surface area contributed by atoms with Gasteiger partial charge in [-0.3, -0.25) is 14.2 Å². The van der Waals surface area contributed by atoms with Gasteiger partial charge in [-0.15, -0.1) is 0 Å². The van der Waals surface area contributed by atoms with Gasteiger partial charge in [-0.2, -0.15) is 0 Å². The number of benzene rings is 2. The average Bonchev–Trinajstić information content (AvgIpc) is 2.66. The van der Waals surface area contributed by atoms with E-state index in [2.05, 4.69) is 32.9 Å². The maximum Gasteiger partial charge on any atom is 0.266 e. The summed E-state index contributed by atoms with van der Waals surface area (Å²) in [5.74, 6) is -0.163. The number of hydrogen-bond acceptors (Lipinski definition) is 5. The van der Waals surface area contributed by atoms with Crippen molar-refractivity contribution < 1.29 is 9.90 Å². The van der Waals surface area contributed by atoms with Gasteiger partial charge in [0.25, 0.3) is 5.56 Å². The number of thioether (sulfide) groups is 1. The van der Waals surface area contributed by atoms with Gasteiger partial charge in [0.2, 0.25) is 5.91 Å². The van der Waals surface area contributed by atoms with Crippen LogP contribution in [0, 0.1) is 3.57 Å². The van der Waals surface area contributed by atoms with Crippen molar-refractivity contribution in [2.24, 2.45) is 0 Å². The first-order valence-electron chi connectivity index (χ1n) is 7.98. The first kappa shape index (κ1) is 20.1. The molecule has 0 radical (unpaired) electrons. The first-order chi connectivity index (χ1) is 13.0. The Kier molecular flexibility index (Phi) is 6.74. The quantitative estimate of drug-likeness (QED) is 0.300. The zero-order chi connectivity index (χ0) is 19.4. The second kappa shape index (κ2) is 9.05. The molecule has 1 amide bonds. The molecule has 0 atom stereocenters. The number of carbonyl (C=O) groups excluding carboxylic acids is 1. The van der Waals surface area contributed by atoms with Crippen molar-refractivity contribution in [2.45, 2.75) is 5.16 Å². The van der Waals surface area contributed by atoms with E-state index in [9.17, 15) is 9.59 Å². The molecule has 9 heteroatoms. The number of nitrogens with one attached hydrogen (secondary N) is 1. The van der Waals surface area contributed by atoms with Crippen LogP contribution in [0.3, 0.4) is 0 Å². The van der Waals surface area contributed by atoms with E-state index in [0.717, 1.165) is 15.3 Å². The molecule has 0 spiro atoms. The number of amides is 1. The van der Waals surface area contributed by atoms with Crippen molar-refractivity contribution in [3.05, 3.63) is 61.4 Å². The number of fused-ring (bicyclic) bond motifs is 1. The Labute approximate surface area is 178 Å². The maximum absolute atomic E-state index is 13.1. The van der Waals surface area contributed by atoms with Crippen LogP contribution in [0.15, 0.2) is 52.4 Å². The van der Waals surface area contributed by atoms with Gasteiger partial charge in [-0.05, 0) is 65.1 Å². The molecule has 0 saturated heterocycles. The van der Waals surface area contributed by atoms with Gasteiger partial charge >= 0.3 is 0 Å². The Balaban J connectivity index is 2.08. The van der Waals surface area contributed by atoms with E-state index in [0.29, 0.717) is 26.8 Å². The SMILES string of the molecule is O=C(CSc1nc2ccc(I)cc2c(=O)n1-c1ccc(Cl)cc1)NCCO. The lowest BCUT2D eigenvalue weighted by Gasteiger charge is -2.13. The average molecular weight is 516 g/mol. The van der Waals surface area contributed by atoms with Crippen molar-refractivity contribution in [1.82, 2.24) is 14.9 Å². The molecule has 0 unspecified atom stereocenters. The number of halogens is 2. The molecule has 0 aliphatic heterocycles. The van der Waals surface area contributed by atoms with E-state index in [1.165, 1.54) is 4.57 Å². The number of nitrogens with zero attached hydrogens (tertiary/aromatic N) is 2. The van der Waals surface area contributed by atoms with Crippen LogP contribution in [-0.2, 0) is 4.79 Å². The molecule has 0 aliphatic carbocycles. The fraction of sp³-hybridized carbons (Fsp3) is 0.167. The molecule has 0 saturated carbocycles. The van der Waals surface area contributed by atoms with Crippen LogP contribution < -0.4 is 10.9 Å². The summed E-state index contributed by atoms with van der Waals surface area (Å²) in [5, 5.41) is 12.9. The second-order valence-corrected chi connectivity index (χ2v) is 8.16. The zero-order valence-corrected chi connectivity index (χ0v) is 17.7. The molecule has 1 aromatic heterocycles. The first-order valence-corrected chi connectivity index (χ1v) is 10.4. The van der Waals surface area contributed by atoms with Crippen LogP contribution >= 0.6 is 46.0 Å². The van der Waals surface area contributed by atoms with Gasteiger partial charge < -0.3 is 10.4 Å². The van der Waals surface area contributed by atoms with Crippen LogP contribution in [0.5, 0.6) is 0 Å². The lowest BCUT2D eigenvalue weighted by atomic mass is 10.2. The van der Waals surface area contributed by atoms with Gasteiger partial charge in [0.05, 0.1) is 29.0 Å². The molecule has 1 heterocycles. The van der Waals surface area contributed by atoms with Crippen molar-refractivity contribution in [3.63, 3.8) is 0 Å². The van der Waals surface area contributed by atoms with E-state index >= 15 is 0 Å². The molecule has 2 N–H and O–H groups in total. The van der Waals surface area contributed by atoms with Gasteiger partial charge in [0, 0.05) is 15.1 Å². The largest absolute Gasteiger partial charge is 0.395 e. The Morgan fingerprint density at radius 3 is 2.70 bits per heavy atom. The summed E-state index contributed by atoms with van der Waals surface area (Å²) in [4.78, 5) is 29.6. The summed E-state index contributed by atoms with van der Waals surface area (Å²) >= 11 is 9.27. The predicted molar refractivity (Wildman–Crippen MR) is 116 cm³/mol. The lowest BCUT2D eigenvalue weighted by molar-refractivity contribution is -0.118. The molecular weight excluding hydrogens is 501 g/mol. The van der Waals surface area contributed by atoms with Crippen LogP contribution in [0.25, 0.3) is 16.6 Å².